The number of hydrogen-bond donors (Lipinski definition) is 1. The lowest BCUT2D eigenvalue weighted by molar-refractivity contribution is -0.325. The minimum Gasteiger partial charge on any atom is -0.481 e. The van der Waals surface area contributed by atoms with Gasteiger partial charge in [0.25, 0.3) is 11.7 Å². The van der Waals surface area contributed by atoms with Gasteiger partial charge in [-0.25, -0.2) is 4.79 Å². The molecule has 1 heterocycles. The number of aliphatic hydroxyl groups excluding tert-OH is 1. The SMILES string of the molecule is CC1=C(O)OC2(OC1=O)C1CC3CC(C1)CC2C3. The molecule has 4 bridgehead atoms. The van der Waals surface area contributed by atoms with Gasteiger partial charge in [0.05, 0.1) is 0 Å². The lowest BCUT2D eigenvalue weighted by Crippen LogP contribution is -2.62. The summed E-state index contributed by atoms with van der Waals surface area (Å²) < 4.78 is 11.4. The summed E-state index contributed by atoms with van der Waals surface area (Å²) in [4.78, 5) is 11.9. The van der Waals surface area contributed by atoms with Crippen molar-refractivity contribution in [1.29, 1.82) is 0 Å². The van der Waals surface area contributed by atoms with Gasteiger partial charge in [-0.15, -0.1) is 0 Å². The van der Waals surface area contributed by atoms with Gasteiger partial charge in [0.2, 0.25) is 0 Å². The van der Waals surface area contributed by atoms with Crippen molar-refractivity contribution in [3.63, 3.8) is 0 Å². The zero-order valence-corrected chi connectivity index (χ0v) is 10.5. The van der Waals surface area contributed by atoms with Crippen LogP contribution in [-0.2, 0) is 14.3 Å². The Morgan fingerprint density at radius 2 is 1.61 bits per heavy atom. The molecule has 0 unspecified atom stereocenters. The van der Waals surface area contributed by atoms with Gasteiger partial charge in [0.15, 0.2) is 0 Å². The van der Waals surface area contributed by atoms with Crippen molar-refractivity contribution in [2.24, 2.45) is 23.7 Å². The second kappa shape index (κ2) is 3.22. The summed E-state index contributed by atoms with van der Waals surface area (Å²) in [7, 11) is 0. The van der Waals surface area contributed by atoms with E-state index in [1.807, 2.05) is 0 Å². The van der Waals surface area contributed by atoms with Crippen LogP contribution in [0.3, 0.4) is 0 Å². The fourth-order valence-corrected chi connectivity index (χ4v) is 4.73. The summed E-state index contributed by atoms with van der Waals surface area (Å²) in [6.07, 6.45) is 5.64. The van der Waals surface area contributed by atoms with Crippen LogP contribution in [0, 0.1) is 23.7 Å². The standard InChI is InChI=1S/C14H18O4/c1-7-12(15)17-14(18-13(7)16)10-3-8-2-9(5-10)6-11(14)4-8/h8-11,15H,2-6H2,1H3. The first kappa shape index (κ1) is 10.7. The molecular formula is C14H18O4. The molecule has 0 atom stereocenters. The minimum atomic E-state index is -0.853. The van der Waals surface area contributed by atoms with Crippen LogP contribution in [0.15, 0.2) is 11.5 Å². The molecule has 0 saturated heterocycles. The van der Waals surface area contributed by atoms with E-state index in [1.165, 1.54) is 6.42 Å². The van der Waals surface area contributed by atoms with Crippen molar-refractivity contribution in [2.75, 3.05) is 0 Å². The van der Waals surface area contributed by atoms with Gasteiger partial charge in [-0.2, -0.15) is 0 Å². The van der Waals surface area contributed by atoms with Gasteiger partial charge in [0.1, 0.15) is 5.57 Å². The van der Waals surface area contributed by atoms with Gasteiger partial charge < -0.3 is 14.6 Å². The molecule has 0 radical (unpaired) electrons. The predicted molar refractivity (Wildman–Crippen MR) is 62.3 cm³/mol. The maximum Gasteiger partial charge on any atom is 0.344 e. The van der Waals surface area contributed by atoms with E-state index in [0.29, 0.717) is 0 Å². The third-order valence-electron chi connectivity index (χ3n) is 5.41. The highest BCUT2D eigenvalue weighted by atomic mass is 16.8. The van der Waals surface area contributed by atoms with Gasteiger partial charge in [-0.3, -0.25) is 0 Å². The van der Waals surface area contributed by atoms with Crippen molar-refractivity contribution < 1.29 is 19.4 Å². The van der Waals surface area contributed by atoms with Gasteiger partial charge in [0, 0.05) is 11.8 Å². The number of carbonyl (C=O) groups excluding carboxylic acids is 1. The van der Waals surface area contributed by atoms with E-state index in [-0.39, 0.29) is 23.4 Å². The topological polar surface area (TPSA) is 55.8 Å². The molecule has 5 rings (SSSR count). The van der Waals surface area contributed by atoms with Crippen LogP contribution in [-0.4, -0.2) is 16.9 Å². The summed E-state index contributed by atoms with van der Waals surface area (Å²) in [5.74, 6) is 0.601. The van der Waals surface area contributed by atoms with E-state index in [4.69, 9.17) is 9.47 Å². The van der Waals surface area contributed by atoms with E-state index >= 15 is 0 Å². The molecule has 0 amide bonds. The first-order chi connectivity index (χ1) is 8.58. The Morgan fingerprint density at radius 1 is 1.06 bits per heavy atom. The van der Waals surface area contributed by atoms with Crippen molar-refractivity contribution in [3.8, 4) is 0 Å². The van der Waals surface area contributed by atoms with Crippen LogP contribution in [0.1, 0.15) is 39.0 Å². The number of hydrogen-bond acceptors (Lipinski definition) is 4. The third kappa shape index (κ3) is 1.19. The first-order valence-electron chi connectivity index (χ1n) is 6.90. The second-order valence-corrected chi connectivity index (χ2v) is 6.45. The Bertz CT molecular complexity index is 423. The quantitative estimate of drug-likeness (QED) is 0.671. The normalized spacial score (nSPS) is 49.5. The van der Waals surface area contributed by atoms with E-state index in [0.717, 1.165) is 37.5 Å². The molecule has 4 heteroatoms. The van der Waals surface area contributed by atoms with Crippen LogP contribution >= 0.6 is 0 Å². The summed E-state index contributed by atoms with van der Waals surface area (Å²) in [6.45, 7) is 1.54. The van der Waals surface area contributed by atoms with Crippen LogP contribution in [0.5, 0.6) is 0 Å². The Balaban J connectivity index is 1.74. The van der Waals surface area contributed by atoms with E-state index < -0.39 is 11.8 Å². The number of aliphatic hydroxyl groups is 1. The highest BCUT2D eigenvalue weighted by Gasteiger charge is 2.63. The third-order valence-corrected chi connectivity index (χ3v) is 5.41. The fraction of sp³-hybridized carbons (Fsp3) is 0.786. The molecule has 5 aliphatic rings. The summed E-state index contributed by atoms with van der Waals surface area (Å²) in [5.41, 5.74) is 0.189. The molecule has 4 saturated carbocycles. The molecule has 0 aromatic heterocycles. The summed E-state index contributed by atoms with van der Waals surface area (Å²) >= 11 is 0. The van der Waals surface area contributed by atoms with Crippen LogP contribution in [0.2, 0.25) is 0 Å². The monoisotopic (exact) mass is 250 g/mol. The van der Waals surface area contributed by atoms with Crippen molar-refractivity contribution in [2.45, 2.75) is 44.8 Å². The molecule has 4 fully saturated rings. The Labute approximate surface area is 106 Å². The lowest BCUT2D eigenvalue weighted by Gasteiger charge is -2.59. The number of carbonyl (C=O) groups is 1. The van der Waals surface area contributed by atoms with Crippen molar-refractivity contribution >= 4 is 5.97 Å². The highest BCUT2D eigenvalue weighted by Crippen LogP contribution is 2.61. The second-order valence-electron chi connectivity index (χ2n) is 6.45. The molecule has 98 valence electrons. The summed E-state index contributed by atoms with van der Waals surface area (Å²) in [6, 6.07) is 0. The smallest absolute Gasteiger partial charge is 0.344 e. The average Bonchev–Trinajstić information content (AvgIpc) is 2.32. The Hall–Kier alpha value is -1.19. The average molecular weight is 250 g/mol. The zero-order chi connectivity index (χ0) is 12.5. The minimum absolute atomic E-state index is 0.189. The molecule has 1 aliphatic heterocycles. The van der Waals surface area contributed by atoms with E-state index in [1.54, 1.807) is 6.92 Å². The van der Waals surface area contributed by atoms with Gasteiger partial charge >= 0.3 is 5.97 Å². The number of esters is 1. The first-order valence-corrected chi connectivity index (χ1v) is 6.90. The Kier molecular flexibility index (Phi) is 1.92. The molecular weight excluding hydrogens is 232 g/mol. The van der Waals surface area contributed by atoms with Crippen molar-refractivity contribution in [1.82, 2.24) is 0 Å². The van der Waals surface area contributed by atoms with E-state index in [2.05, 4.69) is 0 Å². The van der Waals surface area contributed by atoms with Gasteiger partial charge in [-0.05, 0) is 50.9 Å². The highest BCUT2D eigenvalue weighted by molar-refractivity contribution is 5.88. The maximum atomic E-state index is 11.9. The largest absolute Gasteiger partial charge is 0.481 e. The van der Waals surface area contributed by atoms with Crippen LogP contribution in [0.4, 0.5) is 0 Å². The molecule has 0 aromatic rings. The molecule has 1 N–H and O–H groups in total. The van der Waals surface area contributed by atoms with Crippen LogP contribution < -0.4 is 0 Å². The lowest BCUT2D eigenvalue weighted by atomic mass is 9.53. The zero-order valence-electron chi connectivity index (χ0n) is 10.5. The number of rotatable bonds is 0. The number of ether oxygens (including phenoxy) is 2. The summed E-state index contributed by atoms with van der Waals surface area (Å²) in [5, 5.41) is 9.85. The van der Waals surface area contributed by atoms with Crippen LogP contribution in [0.25, 0.3) is 0 Å². The molecule has 0 aromatic carbocycles. The Morgan fingerprint density at radius 3 is 2.11 bits per heavy atom. The van der Waals surface area contributed by atoms with Gasteiger partial charge in [-0.1, -0.05) is 0 Å². The molecule has 4 nitrogen and oxygen atoms in total. The molecule has 1 spiro atoms. The van der Waals surface area contributed by atoms with Crippen molar-refractivity contribution in [3.05, 3.63) is 11.5 Å². The molecule has 18 heavy (non-hydrogen) atoms. The molecule has 4 aliphatic carbocycles. The fourth-order valence-electron chi connectivity index (χ4n) is 4.73. The maximum absolute atomic E-state index is 11.9. The predicted octanol–water partition coefficient (Wildman–Crippen LogP) is 2.50. The van der Waals surface area contributed by atoms with E-state index in [9.17, 15) is 9.90 Å².